The van der Waals surface area contributed by atoms with Crippen LogP contribution in [-0.2, 0) is 56.8 Å². The van der Waals surface area contributed by atoms with Gasteiger partial charge in [-0.25, -0.2) is 64.8 Å². The van der Waals surface area contributed by atoms with Gasteiger partial charge in [0.1, 0.15) is 132 Å². The SMILES string of the molecule is C.C.CC(C)(C)OC(=O)NN.CC(C)(C)OC(=O)NNc1cc(OCCN2CCOC2=O)cc(N2CCOCC2)n1.Clc1cc(Cl)nc(N2CCOCC2)c1.F.O=C1OCCN1CCO.O=C1OCCN1CCOc1cc(Cl)cc(N2CCOCC2)n1.O=C1OCCN1CCOc1cc(Cl)nc(N2CCOCC2)c1.O=C1OCCN1CCOc1cc(Cl)nc(N2CCOCC2)c1.[H-].[HH].[Na+]. The molecule has 10 aliphatic rings. The van der Waals surface area contributed by atoms with Gasteiger partial charge in [-0.1, -0.05) is 72.9 Å². The van der Waals surface area contributed by atoms with Gasteiger partial charge in [-0.05, 0) is 59.7 Å². The number of morpholine rings is 5. The van der Waals surface area contributed by atoms with Gasteiger partial charge in [0.25, 0.3) is 0 Å². The zero-order chi connectivity index (χ0) is 91.8. The molecule has 10 fully saturated rings. The van der Waals surface area contributed by atoms with E-state index in [4.69, 9.17) is 140 Å². The fourth-order valence-corrected chi connectivity index (χ4v) is 13.6. The van der Waals surface area contributed by atoms with Crippen molar-refractivity contribution in [3.05, 3.63) is 86.2 Å². The van der Waals surface area contributed by atoms with Crippen LogP contribution in [0.1, 0.15) is 59.2 Å². The van der Waals surface area contributed by atoms with Gasteiger partial charge >= 0.3 is 72.2 Å². The van der Waals surface area contributed by atoms with Gasteiger partial charge in [0.15, 0.2) is 5.82 Å². The smallest absolute Gasteiger partial charge is 1.00 e. The predicted molar refractivity (Wildman–Crippen MR) is 491 cm³/mol. The molecule has 0 radical (unpaired) electrons. The van der Waals surface area contributed by atoms with Gasteiger partial charge < -0.3 is 131 Å². The number of aliphatic hydroxyl groups is 1. The van der Waals surface area contributed by atoms with Crippen LogP contribution in [0, 0.1) is 0 Å². The van der Waals surface area contributed by atoms with E-state index in [9.17, 15) is 33.6 Å². The molecule has 736 valence electrons. The first-order valence-electron chi connectivity index (χ1n) is 41.7. The number of carbonyl (C=O) groups excluding carboxylic acids is 7. The molecule has 10 aliphatic heterocycles. The summed E-state index contributed by atoms with van der Waals surface area (Å²) in [7, 11) is 0. The van der Waals surface area contributed by atoms with Crippen molar-refractivity contribution in [1.82, 2.24) is 60.3 Å². The summed E-state index contributed by atoms with van der Waals surface area (Å²) in [6.07, 6.45) is -2.73. The Bertz CT molecular complexity index is 4110. The van der Waals surface area contributed by atoms with Crippen molar-refractivity contribution < 1.29 is 152 Å². The van der Waals surface area contributed by atoms with E-state index in [1.165, 1.54) is 4.90 Å². The number of halogens is 6. The molecule has 5 aromatic heterocycles. The minimum atomic E-state index is -0.615. The quantitative estimate of drug-likeness (QED) is 0.0102. The van der Waals surface area contributed by atoms with Gasteiger partial charge in [0.05, 0.1) is 132 Å². The van der Waals surface area contributed by atoms with Crippen molar-refractivity contribution in [3.8, 4) is 23.1 Å². The number of nitrogens with two attached hydrogens (primary N) is 1. The summed E-state index contributed by atoms with van der Waals surface area (Å²) in [6, 6.07) is 17.5. The maximum absolute atomic E-state index is 11.9. The van der Waals surface area contributed by atoms with E-state index < -0.39 is 23.4 Å². The summed E-state index contributed by atoms with van der Waals surface area (Å²) in [5.41, 5.74) is 6.03. The number of pyridine rings is 5. The van der Waals surface area contributed by atoms with Crippen molar-refractivity contribution in [3.63, 3.8) is 0 Å². The van der Waals surface area contributed by atoms with E-state index in [1.807, 2.05) is 35.8 Å². The van der Waals surface area contributed by atoms with Gasteiger partial charge in [-0.2, -0.15) is 4.98 Å². The van der Waals surface area contributed by atoms with Gasteiger partial charge in [0.2, 0.25) is 5.88 Å². The first-order valence-corrected chi connectivity index (χ1v) is 43.6. The molecule has 0 unspecified atom stereocenters. The molecule has 132 heavy (non-hydrogen) atoms. The zero-order valence-corrected chi connectivity index (χ0v) is 79.8. The molecule has 0 aromatic carbocycles. The van der Waals surface area contributed by atoms with Crippen molar-refractivity contribution >= 4 is 136 Å². The molecule has 5 aromatic rings. The number of aromatic nitrogens is 5. The third-order valence-corrected chi connectivity index (χ3v) is 19.8. The number of nitrogens with zero attached hydrogens (tertiary/aromatic N) is 15. The van der Waals surface area contributed by atoms with Crippen LogP contribution in [0.25, 0.3) is 0 Å². The molecule has 0 atom stereocenters. The summed E-state index contributed by atoms with van der Waals surface area (Å²) in [4.78, 5) is 119. The van der Waals surface area contributed by atoms with Crippen molar-refractivity contribution in [2.45, 2.75) is 67.6 Å². The standard InChI is InChI=1S/C19H29N5O6.3C14H18ClN3O4.C9H10Cl2N2O.C5H12N2O2.C5H9NO3.2CH4.FH.Na.H2.H/c1-19(2,3)30-17(25)22-21-15-12-14(28-10-6-24-7-11-29-18(24)26)13-16(20-15)23-4-8-27-9-5-23;2*15-12-9-11(21-7-3-18-4-8-22-14(18)19)10-13(16-12)17-1-5-20-6-2-17;15-11-9-12(17-1-5-20-6-2-17)16-13(10-11)21-7-3-18-4-8-22-14(18)19;10-7-5-8(11)12-9(6-7)13-1-3-14-4-2-13;1-5(2,3)9-4(8)7-6;7-3-1-6-2-4-9-5(6)8;;;;;;/h12-13H,4-11H2,1-3H3,(H,20,21)(H,22,25);3*9-10H,1-8H2;5-6H,1-4H2;6H2,1-3H3,(H,7,8);7H,1-4H2;2*1H4;1H;;1H;/q;;;;;;;;;;+1;;-1. The number of carbonyl (C=O) groups is 7. The average Bonchev–Trinajstić information content (AvgIpc) is 1.70. The van der Waals surface area contributed by atoms with Crippen LogP contribution in [-0.4, -0.2) is 371 Å². The molecular weight excluding hydrogens is 1850 g/mol. The maximum Gasteiger partial charge on any atom is 1.00 e. The average molecular weight is 1980 g/mol. The minimum absolute atomic E-state index is 0. The Morgan fingerprint density at radius 2 is 0.674 bits per heavy atom. The summed E-state index contributed by atoms with van der Waals surface area (Å²) in [6.45, 7) is 34.1. The minimum Gasteiger partial charge on any atom is -1.00 e. The van der Waals surface area contributed by atoms with Gasteiger partial charge in [-0.3, -0.25) is 15.6 Å². The Labute approximate surface area is 817 Å². The Morgan fingerprint density at radius 1 is 0.394 bits per heavy atom. The van der Waals surface area contributed by atoms with E-state index in [0.717, 1.165) is 88.8 Å². The Morgan fingerprint density at radius 3 is 0.970 bits per heavy atom. The number of aliphatic hydroxyl groups excluding tert-OH is 1. The number of rotatable bonds is 25. The monoisotopic (exact) mass is 1980 g/mol. The number of amides is 7. The molecule has 0 bridgehead atoms. The van der Waals surface area contributed by atoms with Crippen LogP contribution in [0.15, 0.2) is 60.7 Å². The normalized spacial score (nSPS) is 16.9. The molecule has 0 saturated carbocycles. The van der Waals surface area contributed by atoms with E-state index in [1.54, 1.807) is 91.5 Å². The molecule has 43 nitrogen and oxygen atoms in total. The molecular formula is C82H126Cl5FN19NaO24. The van der Waals surface area contributed by atoms with Crippen molar-refractivity contribution in [2.75, 3.05) is 293 Å². The number of nitrogens with one attached hydrogen (secondary N) is 3. The maximum atomic E-state index is 11.9. The Hall–Kier alpha value is -9.26. The number of hydrazine groups is 2. The second kappa shape index (κ2) is 59.5. The van der Waals surface area contributed by atoms with Crippen LogP contribution >= 0.6 is 58.0 Å². The zero-order valence-electron chi connectivity index (χ0n) is 75.0. The predicted octanol–water partition coefficient (Wildman–Crippen LogP) is 6.64. The summed E-state index contributed by atoms with van der Waals surface area (Å²) >= 11 is 30.0. The third-order valence-electron chi connectivity index (χ3n) is 18.8. The van der Waals surface area contributed by atoms with Crippen molar-refractivity contribution in [1.29, 1.82) is 0 Å². The van der Waals surface area contributed by atoms with E-state index in [0.29, 0.717) is 251 Å². The number of hydrogen-bond donors (Lipinski definition) is 5. The molecule has 15 rings (SSSR count). The Balaban J connectivity index is 0.000000412. The molecule has 15 heterocycles. The van der Waals surface area contributed by atoms with Crippen molar-refractivity contribution in [2.24, 2.45) is 5.84 Å². The number of cyclic esters (lactones) is 5. The molecule has 7 amide bonds. The Kier molecular flexibility index (Phi) is 51.0. The summed E-state index contributed by atoms with van der Waals surface area (Å²) in [5.74, 6) is 11.3. The topological polar surface area (TPSA) is 446 Å². The number of hydrogen-bond acceptors (Lipinski definition) is 36. The second-order valence-electron chi connectivity index (χ2n) is 30.5. The third kappa shape index (κ3) is 41.3. The van der Waals surface area contributed by atoms with Gasteiger partial charge in [-0.15, -0.1) is 0 Å². The fraction of sp³-hybridized carbons (Fsp3) is 0.610. The first-order chi connectivity index (χ1) is 61.5. The largest absolute Gasteiger partial charge is 1.00 e. The summed E-state index contributed by atoms with van der Waals surface area (Å²) < 4.78 is 83.5. The number of ether oxygens (including phenoxy) is 16. The number of anilines is 6. The first kappa shape index (κ1) is 113. The fourth-order valence-electron chi connectivity index (χ4n) is 12.6. The van der Waals surface area contributed by atoms with E-state index >= 15 is 0 Å². The molecule has 0 spiro atoms. The van der Waals surface area contributed by atoms with Crippen LogP contribution in [0.4, 0.5) is 73.2 Å². The summed E-state index contributed by atoms with van der Waals surface area (Å²) in [5, 5.41) is 10.8. The molecule has 10 saturated heterocycles. The van der Waals surface area contributed by atoms with Gasteiger partial charge in [0, 0.05) is 126 Å². The molecule has 6 N–H and O–H groups in total. The van der Waals surface area contributed by atoms with Crippen LogP contribution in [0.3, 0.4) is 0 Å². The van der Waals surface area contributed by atoms with E-state index in [2.05, 4.69) is 65.0 Å². The second-order valence-corrected chi connectivity index (χ2v) is 32.5. The van der Waals surface area contributed by atoms with E-state index in [-0.39, 0.29) is 89.0 Å². The number of β-amino-alcohol motifs (C(OH)–C–C–N with tert-alkyl or cyclic N) is 1. The van der Waals surface area contributed by atoms with Crippen LogP contribution < -0.4 is 95.1 Å². The molecule has 0 aliphatic carbocycles. The van der Waals surface area contributed by atoms with Crippen LogP contribution in [0.2, 0.25) is 25.5 Å². The molecule has 50 heteroatoms. The van der Waals surface area contributed by atoms with Crippen LogP contribution in [0.5, 0.6) is 23.1 Å².